The highest BCUT2D eigenvalue weighted by molar-refractivity contribution is 6.00. The van der Waals surface area contributed by atoms with Gasteiger partial charge in [0, 0.05) is 24.5 Å². The quantitative estimate of drug-likeness (QED) is 0.742. The Labute approximate surface area is 152 Å². The standard InChI is InChI=1S/C20H24N4O2/c1-5-23-17-10-9-16(12-18(17)24(6-2)20(23)26)22-19(25)21-15-8-7-13(3)14(4)11-15/h7-12H,5-6H2,1-4H3,(H2,21,22,25). The van der Waals surface area contributed by atoms with Crippen LogP contribution in [0.15, 0.2) is 41.2 Å². The molecule has 2 N–H and O–H groups in total. The molecule has 136 valence electrons. The molecule has 0 fully saturated rings. The summed E-state index contributed by atoms with van der Waals surface area (Å²) in [5.74, 6) is 0. The summed E-state index contributed by atoms with van der Waals surface area (Å²) >= 11 is 0. The molecule has 1 aromatic heterocycles. The molecule has 0 aliphatic carbocycles. The minimum atomic E-state index is -0.312. The Morgan fingerprint density at radius 1 is 0.846 bits per heavy atom. The number of benzene rings is 2. The van der Waals surface area contributed by atoms with Crippen molar-refractivity contribution < 1.29 is 4.79 Å². The van der Waals surface area contributed by atoms with Gasteiger partial charge >= 0.3 is 11.7 Å². The Morgan fingerprint density at radius 2 is 1.42 bits per heavy atom. The molecular weight excluding hydrogens is 328 g/mol. The molecule has 0 aliphatic rings. The number of imidazole rings is 1. The SMILES string of the molecule is CCn1c(=O)n(CC)c2cc(NC(=O)Nc3ccc(C)c(C)c3)ccc21. The number of nitrogens with zero attached hydrogens (tertiary/aromatic N) is 2. The first-order chi connectivity index (χ1) is 12.4. The maximum absolute atomic E-state index is 12.4. The third-order valence-electron chi connectivity index (χ3n) is 4.67. The van der Waals surface area contributed by atoms with E-state index >= 15 is 0 Å². The van der Waals surface area contributed by atoms with Crippen LogP contribution in [-0.4, -0.2) is 15.2 Å². The van der Waals surface area contributed by atoms with E-state index in [9.17, 15) is 9.59 Å². The molecule has 0 radical (unpaired) electrons. The highest BCUT2D eigenvalue weighted by atomic mass is 16.2. The number of amides is 2. The van der Waals surface area contributed by atoms with Gasteiger partial charge in [-0.05, 0) is 69.2 Å². The van der Waals surface area contributed by atoms with E-state index in [0.717, 1.165) is 22.3 Å². The fraction of sp³-hybridized carbons (Fsp3) is 0.300. The van der Waals surface area contributed by atoms with Crippen LogP contribution in [0.4, 0.5) is 16.2 Å². The van der Waals surface area contributed by atoms with Crippen LogP contribution in [0, 0.1) is 13.8 Å². The lowest BCUT2D eigenvalue weighted by Gasteiger charge is -2.10. The van der Waals surface area contributed by atoms with E-state index in [1.54, 1.807) is 9.13 Å². The number of anilines is 2. The molecule has 3 aromatic rings. The minimum Gasteiger partial charge on any atom is -0.308 e. The zero-order valence-electron chi connectivity index (χ0n) is 15.6. The number of aromatic nitrogens is 2. The number of carbonyl (C=O) groups is 1. The summed E-state index contributed by atoms with van der Waals surface area (Å²) in [5.41, 5.74) is 5.37. The van der Waals surface area contributed by atoms with Crippen LogP contribution in [0.2, 0.25) is 0 Å². The number of urea groups is 1. The maximum atomic E-state index is 12.4. The van der Waals surface area contributed by atoms with Crippen molar-refractivity contribution in [3.8, 4) is 0 Å². The van der Waals surface area contributed by atoms with Gasteiger partial charge in [-0.25, -0.2) is 9.59 Å². The van der Waals surface area contributed by atoms with Gasteiger partial charge in [0.2, 0.25) is 0 Å². The third kappa shape index (κ3) is 3.22. The molecule has 0 saturated heterocycles. The van der Waals surface area contributed by atoms with Crippen LogP contribution in [-0.2, 0) is 13.1 Å². The van der Waals surface area contributed by atoms with Crippen LogP contribution in [0.5, 0.6) is 0 Å². The topological polar surface area (TPSA) is 68.1 Å². The van der Waals surface area contributed by atoms with Crippen molar-refractivity contribution >= 4 is 28.4 Å². The fourth-order valence-electron chi connectivity index (χ4n) is 3.12. The molecule has 26 heavy (non-hydrogen) atoms. The molecule has 2 amide bonds. The number of aryl methyl sites for hydroxylation is 4. The first-order valence-electron chi connectivity index (χ1n) is 8.83. The number of nitrogens with one attached hydrogen (secondary N) is 2. The molecule has 2 aromatic carbocycles. The second kappa shape index (κ2) is 7.07. The Balaban J connectivity index is 1.85. The van der Waals surface area contributed by atoms with Crippen molar-refractivity contribution in [2.24, 2.45) is 0 Å². The summed E-state index contributed by atoms with van der Waals surface area (Å²) in [5, 5.41) is 5.68. The van der Waals surface area contributed by atoms with Crippen LogP contribution in [0.3, 0.4) is 0 Å². The minimum absolute atomic E-state index is 0.0262. The molecule has 0 bridgehead atoms. The molecule has 6 heteroatoms. The normalized spacial score (nSPS) is 10.9. The van der Waals surface area contributed by atoms with Crippen LogP contribution in [0.1, 0.15) is 25.0 Å². The summed E-state index contributed by atoms with van der Waals surface area (Å²) < 4.78 is 3.45. The summed E-state index contributed by atoms with van der Waals surface area (Å²) in [6.45, 7) is 9.12. The van der Waals surface area contributed by atoms with Crippen LogP contribution in [0.25, 0.3) is 11.0 Å². The Bertz CT molecular complexity index is 1030. The van der Waals surface area contributed by atoms with Crippen molar-refractivity contribution in [1.82, 2.24) is 9.13 Å². The summed E-state index contributed by atoms with van der Waals surface area (Å²) in [6, 6.07) is 11.0. The Kier molecular flexibility index (Phi) is 4.84. The molecule has 1 heterocycles. The lowest BCUT2D eigenvalue weighted by Crippen LogP contribution is -2.23. The van der Waals surface area contributed by atoms with E-state index < -0.39 is 0 Å². The first kappa shape index (κ1) is 17.8. The highest BCUT2D eigenvalue weighted by Gasteiger charge is 2.12. The van der Waals surface area contributed by atoms with E-state index in [4.69, 9.17) is 0 Å². The number of fused-ring (bicyclic) bond motifs is 1. The third-order valence-corrected chi connectivity index (χ3v) is 4.67. The van der Waals surface area contributed by atoms with E-state index in [-0.39, 0.29) is 11.7 Å². The molecule has 0 atom stereocenters. The predicted octanol–water partition coefficient (Wildman–Crippen LogP) is 4.10. The lowest BCUT2D eigenvalue weighted by atomic mass is 10.1. The number of hydrogen-bond donors (Lipinski definition) is 2. The molecule has 6 nitrogen and oxygen atoms in total. The van der Waals surface area contributed by atoms with E-state index in [1.807, 2.05) is 64.1 Å². The monoisotopic (exact) mass is 352 g/mol. The van der Waals surface area contributed by atoms with E-state index in [1.165, 1.54) is 5.56 Å². The predicted molar refractivity (Wildman–Crippen MR) is 106 cm³/mol. The number of hydrogen-bond acceptors (Lipinski definition) is 2. The maximum Gasteiger partial charge on any atom is 0.329 e. The summed E-state index contributed by atoms with van der Waals surface area (Å²) in [6.07, 6.45) is 0. The molecule has 0 saturated carbocycles. The van der Waals surface area contributed by atoms with E-state index in [0.29, 0.717) is 18.8 Å². The largest absolute Gasteiger partial charge is 0.329 e. The van der Waals surface area contributed by atoms with Gasteiger partial charge < -0.3 is 10.6 Å². The van der Waals surface area contributed by atoms with Gasteiger partial charge in [-0.2, -0.15) is 0 Å². The summed E-state index contributed by atoms with van der Waals surface area (Å²) in [4.78, 5) is 24.7. The van der Waals surface area contributed by atoms with Crippen molar-refractivity contribution in [1.29, 1.82) is 0 Å². The van der Waals surface area contributed by atoms with E-state index in [2.05, 4.69) is 10.6 Å². The van der Waals surface area contributed by atoms with Crippen molar-refractivity contribution in [3.05, 3.63) is 58.0 Å². The summed E-state index contributed by atoms with van der Waals surface area (Å²) in [7, 11) is 0. The van der Waals surface area contributed by atoms with Gasteiger partial charge in [0.15, 0.2) is 0 Å². The number of carbonyl (C=O) groups excluding carboxylic acids is 1. The smallest absolute Gasteiger partial charge is 0.308 e. The van der Waals surface area contributed by atoms with Crippen molar-refractivity contribution in [2.45, 2.75) is 40.8 Å². The second-order valence-electron chi connectivity index (χ2n) is 6.35. The average molecular weight is 352 g/mol. The van der Waals surface area contributed by atoms with Crippen molar-refractivity contribution in [3.63, 3.8) is 0 Å². The molecule has 0 aliphatic heterocycles. The number of rotatable bonds is 4. The Hall–Kier alpha value is -3.02. The molecule has 0 spiro atoms. The van der Waals surface area contributed by atoms with Crippen molar-refractivity contribution in [2.75, 3.05) is 10.6 Å². The van der Waals surface area contributed by atoms with Crippen LogP contribution >= 0.6 is 0 Å². The zero-order valence-corrected chi connectivity index (χ0v) is 15.6. The lowest BCUT2D eigenvalue weighted by molar-refractivity contribution is 0.262. The molecule has 0 unspecified atom stereocenters. The first-order valence-corrected chi connectivity index (χ1v) is 8.83. The van der Waals surface area contributed by atoms with Crippen LogP contribution < -0.4 is 16.3 Å². The van der Waals surface area contributed by atoms with Gasteiger partial charge in [0.25, 0.3) is 0 Å². The highest BCUT2D eigenvalue weighted by Crippen LogP contribution is 2.20. The van der Waals surface area contributed by atoms with Gasteiger partial charge in [0.05, 0.1) is 11.0 Å². The van der Waals surface area contributed by atoms with Gasteiger partial charge in [-0.1, -0.05) is 6.07 Å². The van der Waals surface area contributed by atoms with Gasteiger partial charge in [-0.15, -0.1) is 0 Å². The second-order valence-corrected chi connectivity index (χ2v) is 6.35. The van der Waals surface area contributed by atoms with Gasteiger partial charge in [0.1, 0.15) is 0 Å². The Morgan fingerprint density at radius 3 is 2.04 bits per heavy atom. The molecule has 3 rings (SSSR count). The molecular formula is C20H24N4O2. The fourth-order valence-corrected chi connectivity index (χ4v) is 3.12. The zero-order chi connectivity index (χ0) is 18.8. The van der Waals surface area contributed by atoms with Gasteiger partial charge in [-0.3, -0.25) is 9.13 Å². The average Bonchev–Trinajstić information content (AvgIpc) is 2.88.